The Morgan fingerprint density at radius 3 is 2.47 bits per heavy atom. The van der Waals surface area contributed by atoms with E-state index >= 15 is 0 Å². The maximum atomic E-state index is 12.0. The third-order valence-electron chi connectivity index (χ3n) is 3.67. The van der Waals surface area contributed by atoms with Gasteiger partial charge in [-0.05, 0) is 18.4 Å². The Balaban J connectivity index is 1.63. The molecule has 2 aliphatic rings. The highest BCUT2D eigenvalue weighted by atomic mass is 16.6. The lowest BCUT2D eigenvalue weighted by atomic mass is 10.1. The molecule has 1 aliphatic heterocycles. The van der Waals surface area contributed by atoms with Crippen molar-refractivity contribution in [2.24, 2.45) is 5.41 Å². The van der Waals surface area contributed by atoms with Gasteiger partial charge in [0.15, 0.2) is 5.78 Å². The second-order valence-electron chi connectivity index (χ2n) is 4.94. The zero-order chi connectivity index (χ0) is 13.5. The molecule has 2 fully saturated rings. The predicted molar refractivity (Wildman–Crippen MR) is 65.0 cm³/mol. The molecule has 0 atom stereocenters. The molecule has 19 heavy (non-hydrogen) atoms. The Hall–Kier alpha value is -2.17. The molecule has 1 aliphatic carbocycles. The monoisotopic (exact) mass is 259 g/mol. The molecule has 98 valence electrons. The van der Waals surface area contributed by atoms with Crippen LogP contribution in [0.3, 0.4) is 0 Å². The first-order chi connectivity index (χ1) is 9.13. The van der Waals surface area contributed by atoms with Gasteiger partial charge in [-0.2, -0.15) is 0 Å². The van der Waals surface area contributed by atoms with Gasteiger partial charge in [0.25, 0.3) is 0 Å². The summed E-state index contributed by atoms with van der Waals surface area (Å²) in [5.41, 5.74) is -0.0406. The van der Waals surface area contributed by atoms with Gasteiger partial charge in [0, 0.05) is 0 Å². The van der Waals surface area contributed by atoms with E-state index in [1.54, 1.807) is 0 Å². The number of hydrogen-bond donors (Lipinski definition) is 0. The maximum absolute atomic E-state index is 12.0. The summed E-state index contributed by atoms with van der Waals surface area (Å²) in [6, 6.07) is 9.20. The first kappa shape index (κ1) is 11.9. The number of ketones is 1. The Labute approximate surface area is 110 Å². The molecule has 1 saturated carbocycles. The molecule has 3 rings (SSSR count). The average Bonchev–Trinajstić information content (AvgIpc) is 3.19. The Bertz CT molecular complexity index is 548. The van der Waals surface area contributed by atoms with Crippen LogP contribution < -0.4 is 0 Å². The van der Waals surface area contributed by atoms with Gasteiger partial charge >= 0.3 is 6.09 Å². The van der Waals surface area contributed by atoms with Gasteiger partial charge in [-0.25, -0.2) is 9.69 Å². The number of carbonyl (C=O) groups is 3. The number of hydrogen-bond acceptors (Lipinski definition) is 4. The highest BCUT2D eigenvalue weighted by Gasteiger charge is 2.63. The average molecular weight is 259 g/mol. The van der Waals surface area contributed by atoms with Crippen LogP contribution in [0, 0.1) is 5.41 Å². The normalized spacial score (nSPS) is 19.9. The number of ether oxygens (including phenoxy) is 1. The second kappa shape index (κ2) is 4.19. The summed E-state index contributed by atoms with van der Waals surface area (Å²) in [6.45, 7) is -0.0445. The van der Waals surface area contributed by atoms with Crippen molar-refractivity contribution in [1.82, 2.24) is 4.90 Å². The number of amides is 2. The topological polar surface area (TPSA) is 63.7 Å². The van der Waals surface area contributed by atoms with E-state index in [4.69, 9.17) is 4.74 Å². The van der Waals surface area contributed by atoms with Crippen LogP contribution in [0.1, 0.15) is 18.4 Å². The van der Waals surface area contributed by atoms with Crippen molar-refractivity contribution in [1.29, 1.82) is 0 Å². The molecule has 0 unspecified atom stereocenters. The molecule has 1 aromatic rings. The number of carbonyl (C=O) groups excluding carboxylic acids is 3. The van der Waals surface area contributed by atoms with Gasteiger partial charge in [0.2, 0.25) is 5.91 Å². The number of likely N-dealkylation sites (tertiary alicyclic amines) is 1. The summed E-state index contributed by atoms with van der Waals surface area (Å²) in [5.74, 6) is -0.551. The summed E-state index contributed by atoms with van der Waals surface area (Å²) in [4.78, 5) is 36.4. The first-order valence-electron chi connectivity index (χ1n) is 6.19. The zero-order valence-corrected chi connectivity index (χ0v) is 10.3. The van der Waals surface area contributed by atoms with Crippen molar-refractivity contribution >= 4 is 17.8 Å². The van der Waals surface area contributed by atoms with Crippen LogP contribution in [0.15, 0.2) is 30.3 Å². The van der Waals surface area contributed by atoms with E-state index in [1.165, 1.54) is 0 Å². The third kappa shape index (κ3) is 1.91. The number of nitrogens with zero attached hydrogens (tertiary/aromatic N) is 1. The zero-order valence-electron chi connectivity index (χ0n) is 10.3. The van der Waals surface area contributed by atoms with Gasteiger partial charge in [-0.1, -0.05) is 30.3 Å². The van der Waals surface area contributed by atoms with Gasteiger partial charge < -0.3 is 4.74 Å². The van der Waals surface area contributed by atoms with Crippen LogP contribution in [0.5, 0.6) is 0 Å². The molecule has 1 spiro atoms. The highest BCUT2D eigenvalue weighted by molar-refractivity contribution is 6.19. The van der Waals surface area contributed by atoms with Crippen LogP contribution in [0.25, 0.3) is 0 Å². The fraction of sp³-hybridized carbons (Fsp3) is 0.357. The lowest BCUT2D eigenvalue weighted by Gasteiger charge is -2.13. The molecular formula is C14H13NO4. The van der Waals surface area contributed by atoms with E-state index < -0.39 is 17.4 Å². The lowest BCUT2D eigenvalue weighted by molar-refractivity contribution is -0.132. The van der Waals surface area contributed by atoms with Gasteiger partial charge in [0.05, 0.1) is 6.54 Å². The third-order valence-corrected chi connectivity index (χ3v) is 3.67. The Morgan fingerprint density at radius 1 is 1.21 bits per heavy atom. The van der Waals surface area contributed by atoms with E-state index in [0.29, 0.717) is 12.8 Å². The number of rotatable bonds is 2. The van der Waals surface area contributed by atoms with Crippen molar-refractivity contribution in [3.8, 4) is 0 Å². The van der Waals surface area contributed by atoms with Crippen molar-refractivity contribution in [3.63, 3.8) is 0 Å². The maximum Gasteiger partial charge on any atom is 0.417 e. The van der Waals surface area contributed by atoms with E-state index in [1.807, 2.05) is 30.3 Å². The fourth-order valence-corrected chi connectivity index (χ4v) is 2.31. The largest absolute Gasteiger partial charge is 0.444 e. The Morgan fingerprint density at radius 2 is 1.89 bits per heavy atom. The van der Waals surface area contributed by atoms with Crippen molar-refractivity contribution in [2.45, 2.75) is 19.4 Å². The van der Waals surface area contributed by atoms with Crippen LogP contribution >= 0.6 is 0 Å². The SMILES string of the molecule is O=C(OCc1ccccc1)N1CC(=O)C2(CC2)C1=O. The number of imide groups is 1. The molecule has 1 aromatic carbocycles. The minimum atomic E-state index is -0.883. The molecule has 0 radical (unpaired) electrons. The smallest absolute Gasteiger partial charge is 0.417 e. The first-order valence-corrected chi connectivity index (χ1v) is 6.19. The summed E-state index contributed by atoms with van der Waals surface area (Å²) in [7, 11) is 0. The van der Waals surface area contributed by atoms with E-state index in [0.717, 1.165) is 10.5 Å². The van der Waals surface area contributed by atoms with Crippen LogP contribution in [0.2, 0.25) is 0 Å². The molecule has 1 saturated heterocycles. The van der Waals surface area contributed by atoms with Crippen LogP contribution in [0.4, 0.5) is 4.79 Å². The molecule has 0 aromatic heterocycles. The van der Waals surface area contributed by atoms with Crippen molar-refractivity contribution in [3.05, 3.63) is 35.9 Å². The molecular weight excluding hydrogens is 246 g/mol. The highest BCUT2D eigenvalue weighted by Crippen LogP contribution is 2.51. The lowest BCUT2D eigenvalue weighted by Crippen LogP contribution is -2.34. The standard InChI is InChI=1S/C14H13NO4/c16-11-8-15(12(17)14(11)6-7-14)13(18)19-9-10-4-2-1-3-5-10/h1-5H,6-9H2. The van der Waals surface area contributed by atoms with Gasteiger partial charge in [-0.15, -0.1) is 0 Å². The molecule has 5 heteroatoms. The summed E-state index contributed by atoms with van der Waals surface area (Å²) < 4.78 is 5.07. The summed E-state index contributed by atoms with van der Waals surface area (Å²) in [5, 5.41) is 0. The number of benzene rings is 1. The number of Topliss-reactive ketones (excluding diaryl/α,β-unsaturated/α-hetero) is 1. The van der Waals surface area contributed by atoms with E-state index in [2.05, 4.69) is 0 Å². The Kier molecular flexibility index (Phi) is 2.62. The molecule has 1 heterocycles. The fourth-order valence-electron chi connectivity index (χ4n) is 2.31. The second-order valence-corrected chi connectivity index (χ2v) is 4.94. The van der Waals surface area contributed by atoms with E-state index in [-0.39, 0.29) is 18.9 Å². The quantitative estimate of drug-likeness (QED) is 0.755. The minimum absolute atomic E-state index is 0.102. The van der Waals surface area contributed by atoms with Crippen molar-refractivity contribution < 1.29 is 19.1 Å². The molecule has 0 N–H and O–H groups in total. The molecule has 2 amide bonds. The van der Waals surface area contributed by atoms with Gasteiger partial charge in [-0.3, -0.25) is 9.59 Å². The van der Waals surface area contributed by atoms with Crippen LogP contribution in [-0.2, 0) is 20.9 Å². The molecule has 5 nitrogen and oxygen atoms in total. The predicted octanol–water partition coefficient (Wildman–Crippen LogP) is 1.51. The molecule has 0 bridgehead atoms. The van der Waals surface area contributed by atoms with Gasteiger partial charge in [0.1, 0.15) is 12.0 Å². The minimum Gasteiger partial charge on any atom is -0.444 e. The van der Waals surface area contributed by atoms with Crippen LogP contribution in [-0.4, -0.2) is 29.2 Å². The summed E-state index contributed by atoms with van der Waals surface area (Å²) >= 11 is 0. The summed E-state index contributed by atoms with van der Waals surface area (Å²) in [6.07, 6.45) is 0.395. The van der Waals surface area contributed by atoms with Crippen molar-refractivity contribution in [2.75, 3.05) is 6.54 Å². The van der Waals surface area contributed by atoms with E-state index in [9.17, 15) is 14.4 Å².